The van der Waals surface area contributed by atoms with Crippen LogP contribution >= 0.6 is 22.9 Å². The van der Waals surface area contributed by atoms with Crippen molar-refractivity contribution < 1.29 is 4.39 Å². The summed E-state index contributed by atoms with van der Waals surface area (Å²) >= 11 is 7.67. The van der Waals surface area contributed by atoms with E-state index in [-0.39, 0.29) is 11.9 Å². The van der Waals surface area contributed by atoms with Gasteiger partial charge in [-0.1, -0.05) is 11.6 Å². The molecule has 0 aliphatic carbocycles. The second kappa shape index (κ2) is 5.60. The maximum absolute atomic E-state index is 13.2. The predicted octanol–water partition coefficient (Wildman–Crippen LogP) is 3.29. The van der Waals surface area contributed by atoms with Gasteiger partial charge in [0, 0.05) is 5.02 Å². The Bertz CT molecular complexity index is 487. The molecule has 5 heteroatoms. The molecule has 2 aromatic rings. The second-order valence-electron chi connectivity index (χ2n) is 3.72. The number of thiophene rings is 1. The summed E-state index contributed by atoms with van der Waals surface area (Å²) in [6.45, 7) is 0. The Morgan fingerprint density at radius 3 is 2.88 bits per heavy atom. The summed E-state index contributed by atoms with van der Waals surface area (Å²) in [5.41, 5.74) is 4.51. The van der Waals surface area contributed by atoms with Crippen molar-refractivity contribution in [3.05, 3.63) is 57.0 Å². The lowest BCUT2D eigenvalue weighted by atomic mass is 10.0. The fourth-order valence-electron chi connectivity index (χ4n) is 1.68. The molecule has 2 rings (SSSR count). The summed E-state index contributed by atoms with van der Waals surface area (Å²) in [6, 6.07) is 6.13. The van der Waals surface area contributed by atoms with Crippen LogP contribution in [0.15, 0.2) is 35.0 Å². The smallest absolute Gasteiger partial charge is 0.123 e. The van der Waals surface area contributed by atoms with Gasteiger partial charge in [0.05, 0.1) is 6.04 Å². The maximum Gasteiger partial charge on any atom is 0.123 e. The summed E-state index contributed by atoms with van der Waals surface area (Å²) in [7, 11) is 0. The number of rotatable bonds is 4. The third kappa shape index (κ3) is 3.04. The number of halogens is 2. The Morgan fingerprint density at radius 2 is 2.24 bits per heavy atom. The van der Waals surface area contributed by atoms with E-state index in [2.05, 4.69) is 5.43 Å². The SMILES string of the molecule is NNC(Cc1ccsc1)c1cc(F)ccc1Cl. The lowest BCUT2D eigenvalue weighted by Crippen LogP contribution is -2.29. The monoisotopic (exact) mass is 270 g/mol. The standard InChI is InChI=1S/C12H12ClFN2S/c13-11-2-1-9(14)6-10(11)12(16-15)5-8-3-4-17-7-8/h1-4,6-7,12,16H,5,15H2. The number of benzene rings is 1. The minimum atomic E-state index is -0.310. The van der Waals surface area contributed by atoms with Crippen LogP contribution in [0.1, 0.15) is 17.2 Å². The van der Waals surface area contributed by atoms with Gasteiger partial charge in [-0.2, -0.15) is 11.3 Å². The van der Waals surface area contributed by atoms with Crippen molar-refractivity contribution in [2.45, 2.75) is 12.5 Å². The van der Waals surface area contributed by atoms with Crippen LogP contribution in [0.5, 0.6) is 0 Å². The average molecular weight is 271 g/mol. The second-order valence-corrected chi connectivity index (χ2v) is 4.91. The van der Waals surface area contributed by atoms with Crippen molar-refractivity contribution >= 4 is 22.9 Å². The molecule has 90 valence electrons. The van der Waals surface area contributed by atoms with Gasteiger partial charge in [-0.3, -0.25) is 11.3 Å². The zero-order valence-electron chi connectivity index (χ0n) is 8.99. The van der Waals surface area contributed by atoms with E-state index in [1.54, 1.807) is 17.4 Å². The van der Waals surface area contributed by atoms with E-state index < -0.39 is 0 Å². The molecule has 0 spiro atoms. The summed E-state index contributed by atoms with van der Waals surface area (Å²) in [5.74, 6) is 5.20. The van der Waals surface area contributed by atoms with E-state index in [4.69, 9.17) is 17.4 Å². The molecule has 0 bridgehead atoms. The van der Waals surface area contributed by atoms with E-state index in [1.807, 2.05) is 16.8 Å². The zero-order chi connectivity index (χ0) is 12.3. The number of hydrogen-bond acceptors (Lipinski definition) is 3. The molecule has 1 aromatic heterocycles. The van der Waals surface area contributed by atoms with Crippen molar-refractivity contribution in [1.82, 2.24) is 5.43 Å². The third-order valence-corrected chi connectivity index (χ3v) is 3.63. The quantitative estimate of drug-likeness (QED) is 0.661. The Morgan fingerprint density at radius 1 is 1.41 bits per heavy atom. The van der Waals surface area contributed by atoms with E-state index in [1.165, 1.54) is 12.1 Å². The maximum atomic E-state index is 13.2. The summed E-state index contributed by atoms with van der Waals surface area (Å²) in [5, 5.41) is 4.55. The van der Waals surface area contributed by atoms with Crippen LogP contribution in [0.25, 0.3) is 0 Å². The zero-order valence-corrected chi connectivity index (χ0v) is 10.6. The van der Waals surface area contributed by atoms with Crippen LogP contribution in [-0.2, 0) is 6.42 Å². The summed E-state index contributed by atoms with van der Waals surface area (Å²) in [6.07, 6.45) is 0.684. The van der Waals surface area contributed by atoms with Gasteiger partial charge >= 0.3 is 0 Å². The highest BCUT2D eigenvalue weighted by Gasteiger charge is 2.15. The molecule has 17 heavy (non-hydrogen) atoms. The highest BCUT2D eigenvalue weighted by molar-refractivity contribution is 7.07. The Labute approximate surface area is 108 Å². The van der Waals surface area contributed by atoms with Crippen molar-refractivity contribution in [2.75, 3.05) is 0 Å². The lowest BCUT2D eigenvalue weighted by Gasteiger charge is -2.17. The van der Waals surface area contributed by atoms with Crippen molar-refractivity contribution in [3.8, 4) is 0 Å². The van der Waals surface area contributed by atoms with E-state index >= 15 is 0 Å². The molecular formula is C12H12ClFN2S. The van der Waals surface area contributed by atoms with Gasteiger partial charge in [0.25, 0.3) is 0 Å². The Hall–Kier alpha value is -0.940. The Balaban J connectivity index is 2.25. The molecular weight excluding hydrogens is 259 g/mol. The summed E-state index contributed by atoms with van der Waals surface area (Å²) < 4.78 is 13.2. The van der Waals surface area contributed by atoms with Crippen LogP contribution in [0.4, 0.5) is 4.39 Å². The molecule has 0 aliphatic rings. The molecule has 0 aliphatic heterocycles. The minimum absolute atomic E-state index is 0.187. The van der Waals surface area contributed by atoms with Crippen LogP contribution < -0.4 is 11.3 Å². The topological polar surface area (TPSA) is 38.0 Å². The highest BCUT2D eigenvalue weighted by Crippen LogP contribution is 2.26. The molecule has 2 nitrogen and oxygen atoms in total. The fourth-order valence-corrected chi connectivity index (χ4v) is 2.62. The van der Waals surface area contributed by atoms with Gasteiger partial charge < -0.3 is 0 Å². The Kier molecular flexibility index (Phi) is 4.12. The minimum Gasteiger partial charge on any atom is -0.271 e. The molecule has 0 amide bonds. The number of nitrogens with one attached hydrogen (secondary N) is 1. The van der Waals surface area contributed by atoms with Crippen molar-refractivity contribution in [1.29, 1.82) is 0 Å². The molecule has 0 saturated heterocycles. The molecule has 1 heterocycles. The van der Waals surface area contributed by atoms with E-state index in [0.717, 1.165) is 5.56 Å². The molecule has 0 radical (unpaired) electrons. The van der Waals surface area contributed by atoms with Crippen molar-refractivity contribution in [2.24, 2.45) is 5.84 Å². The first kappa shape index (κ1) is 12.5. The fraction of sp³-hybridized carbons (Fsp3) is 0.167. The molecule has 1 atom stereocenters. The van der Waals surface area contributed by atoms with Gasteiger partial charge in [0.2, 0.25) is 0 Å². The molecule has 0 saturated carbocycles. The van der Waals surface area contributed by atoms with Crippen molar-refractivity contribution in [3.63, 3.8) is 0 Å². The van der Waals surface area contributed by atoms with E-state index in [9.17, 15) is 4.39 Å². The van der Waals surface area contributed by atoms with Gasteiger partial charge in [-0.25, -0.2) is 4.39 Å². The molecule has 1 unspecified atom stereocenters. The van der Waals surface area contributed by atoms with Gasteiger partial charge in [-0.05, 0) is 52.6 Å². The number of nitrogens with two attached hydrogens (primary N) is 1. The van der Waals surface area contributed by atoms with Crippen LogP contribution in [0.3, 0.4) is 0 Å². The third-order valence-electron chi connectivity index (χ3n) is 2.55. The van der Waals surface area contributed by atoms with Gasteiger partial charge in [-0.15, -0.1) is 0 Å². The molecule has 1 aromatic carbocycles. The number of hydrazine groups is 1. The van der Waals surface area contributed by atoms with Crippen LogP contribution in [-0.4, -0.2) is 0 Å². The van der Waals surface area contributed by atoms with Crippen LogP contribution in [0, 0.1) is 5.82 Å². The highest BCUT2D eigenvalue weighted by atomic mass is 35.5. The molecule has 3 N–H and O–H groups in total. The first-order valence-corrected chi connectivity index (χ1v) is 6.45. The molecule has 0 fully saturated rings. The van der Waals surface area contributed by atoms with Gasteiger partial charge in [0.1, 0.15) is 5.82 Å². The average Bonchev–Trinajstić information content (AvgIpc) is 2.82. The van der Waals surface area contributed by atoms with Crippen LogP contribution in [0.2, 0.25) is 5.02 Å². The first-order chi connectivity index (χ1) is 8.20. The lowest BCUT2D eigenvalue weighted by molar-refractivity contribution is 0.545. The summed E-state index contributed by atoms with van der Waals surface area (Å²) in [4.78, 5) is 0. The van der Waals surface area contributed by atoms with Gasteiger partial charge in [0.15, 0.2) is 0 Å². The van der Waals surface area contributed by atoms with E-state index in [0.29, 0.717) is 17.0 Å². The predicted molar refractivity (Wildman–Crippen MR) is 69.5 cm³/mol. The largest absolute Gasteiger partial charge is 0.271 e. The number of hydrogen-bond donors (Lipinski definition) is 2. The normalized spacial score (nSPS) is 12.6. The first-order valence-electron chi connectivity index (χ1n) is 5.13.